The van der Waals surface area contributed by atoms with E-state index in [1.54, 1.807) is 0 Å². The van der Waals surface area contributed by atoms with Crippen LogP contribution in [-0.2, 0) is 4.74 Å². The van der Waals surface area contributed by atoms with Gasteiger partial charge in [0.25, 0.3) is 0 Å². The van der Waals surface area contributed by atoms with Crippen LogP contribution in [0.3, 0.4) is 0 Å². The number of para-hydroxylation sites is 1. The number of nitrogens with one attached hydrogen (secondary N) is 1. The zero-order chi connectivity index (χ0) is 16.1. The van der Waals surface area contributed by atoms with Gasteiger partial charge >= 0.3 is 6.03 Å². The Morgan fingerprint density at radius 2 is 2.00 bits per heavy atom. The molecule has 5 heteroatoms. The molecule has 0 aromatic heterocycles. The van der Waals surface area contributed by atoms with Crippen molar-refractivity contribution in [3.05, 3.63) is 30.3 Å². The van der Waals surface area contributed by atoms with E-state index in [0.717, 1.165) is 51.1 Å². The fraction of sp³-hybridized carbons (Fsp3) is 0.611. The minimum Gasteiger partial charge on any atom is -0.376 e. The van der Waals surface area contributed by atoms with Crippen LogP contribution in [0.25, 0.3) is 0 Å². The lowest BCUT2D eigenvalue weighted by atomic mass is 10.0. The van der Waals surface area contributed by atoms with E-state index in [9.17, 15) is 4.79 Å². The fourth-order valence-electron chi connectivity index (χ4n) is 3.43. The molecule has 2 heterocycles. The molecule has 0 bridgehead atoms. The van der Waals surface area contributed by atoms with E-state index in [1.165, 1.54) is 0 Å². The predicted octanol–water partition coefficient (Wildman–Crippen LogP) is 2.79. The number of rotatable bonds is 4. The zero-order valence-electron chi connectivity index (χ0n) is 13.9. The largest absolute Gasteiger partial charge is 0.376 e. The maximum atomic E-state index is 12.8. The molecule has 2 aliphatic rings. The standard InChI is InChI=1S/C18H27N3O2/c1-20-11-9-16(10-12-20)21(14-17-8-5-13-23-17)18(22)19-15-6-3-2-4-7-15/h2-4,6-7,16-17H,5,8-14H2,1H3,(H,19,22). The summed E-state index contributed by atoms with van der Waals surface area (Å²) >= 11 is 0. The lowest BCUT2D eigenvalue weighted by Crippen LogP contribution is -2.50. The molecule has 0 radical (unpaired) electrons. The normalized spacial score (nSPS) is 22.9. The average molecular weight is 317 g/mol. The van der Waals surface area contributed by atoms with Gasteiger partial charge in [-0.3, -0.25) is 0 Å². The fourth-order valence-corrected chi connectivity index (χ4v) is 3.43. The van der Waals surface area contributed by atoms with Gasteiger partial charge in [-0.1, -0.05) is 18.2 Å². The van der Waals surface area contributed by atoms with Crippen molar-refractivity contribution >= 4 is 11.7 Å². The number of nitrogens with zero attached hydrogens (tertiary/aromatic N) is 2. The van der Waals surface area contributed by atoms with E-state index in [4.69, 9.17) is 4.74 Å². The molecule has 2 aliphatic heterocycles. The summed E-state index contributed by atoms with van der Waals surface area (Å²) in [6.07, 6.45) is 4.42. The number of carbonyl (C=O) groups excluding carboxylic acids is 1. The number of hydrogen-bond acceptors (Lipinski definition) is 3. The number of piperidine rings is 1. The molecule has 1 atom stereocenters. The smallest absolute Gasteiger partial charge is 0.322 e. The zero-order valence-corrected chi connectivity index (χ0v) is 13.9. The maximum absolute atomic E-state index is 12.8. The average Bonchev–Trinajstić information content (AvgIpc) is 3.08. The highest BCUT2D eigenvalue weighted by molar-refractivity contribution is 5.89. The minimum atomic E-state index is 0.00116. The van der Waals surface area contributed by atoms with Gasteiger partial charge in [0, 0.05) is 24.9 Å². The molecule has 3 rings (SSSR count). The Morgan fingerprint density at radius 1 is 1.26 bits per heavy atom. The summed E-state index contributed by atoms with van der Waals surface area (Å²) in [4.78, 5) is 17.2. The van der Waals surface area contributed by atoms with Crippen molar-refractivity contribution in [1.29, 1.82) is 0 Å². The SMILES string of the molecule is CN1CCC(N(CC2CCCO2)C(=O)Nc2ccccc2)CC1. The Balaban J connectivity index is 1.66. The van der Waals surface area contributed by atoms with Crippen LogP contribution in [0.4, 0.5) is 10.5 Å². The summed E-state index contributed by atoms with van der Waals surface area (Å²) in [5, 5.41) is 3.04. The summed E-state index contributed by atoms with van der Waals surface area (Å²) in [6.45, 7) is 3.62. The van der Waals surface area contributed by atoms with Gasteiger partial charge in [-0.2, -0.15) is 0 Å². The third-order valence-corrected chi connectivity index (χ3v) is 4.84. The Morgan fingerprint density at radius 3 is 2.65 bits per heavy atom. The van der Waals surface area contributed by atoms with Gasteiger partial charge in [-0.05, 0) is 58.0 Å². The highest BCUT2D eigenvalue weighted by atomic mass is 16.5. The second-order valence-electron chi connectivity index (χ2n) is 6.62. The van der Waals surface area contributed by atoms with Crippen LogP contribution in [0, 0.1) is 0 Å². The van der Waals surface area contributed by atoms with E-state index < -0.39 is 0 Å². The number of anilines is 1. The van der Waals surface area contributed by atoms with Crippen molar-refractivity contribution in [2.75, 3.05) is 38.6 Å². The molecule has 1 aromatic rings. The Kier molecular flexibility index (Phi) is 5.51. The van der Waals surface area contributed by atoms with Crippen molar-refractivity contribution in [2.45, 2.75) is 37.8 Å². The van der Waals surface area contributed by atoms with Gasteiger partial charge in [0.05, 0.1) is 6.10 Å². The first kappa shape index (κ1) is 16.3. The number of benzene rings is 1. The second kappa shape index (κ2) is 7.79. The number of ether oxygens (including phenoxy) is 1. The molecule has 0 spiro atoms. The first-order valence-electron chi connectivity index (χ1n) is 8.65. The van der Waals surface area contributed by atoms with Gasteiger partial charge in [-0.25, -0.2) is 4.79 Å². The molecule has 0 aliphatic carbocycles. The van der Waals surface area contributed by atoms with Crippen molar-refractivity contribution in [2.24, 2.45) is 0 Å². The van der Waals surface area contributed by atoms with Gasteiger partial charge < -0.3 is 19.9 Å². The lowest BCUT2D eigenvalue weighted by molar-refractivity contribution is 0.0602. The van der Waals surface area contributed by atoms with Crippen LogP contribution in [0.15, 0.2) is 30.3 Å². The Labute approximate surface area is 138 Å². The van der Waals surface area contributed by atoms with E-state index in [2.05, 4.69) is 17.3 Å². The Bertz CT molecular complexity index is 494. The monoisotopic (exact) mass is 317 g/mol. The third-order valence-electron chi connectivity index (χ3n) is 4.84. The van der Waals surface area contributed by atoms with Crippen LogP contribution in [0.1, 0.15) is 25.7 Å². The van der Waals surface area contributed by atoms with E-state index in [1.807, 2.05) is 35.2 Å². The number of amides is 2. The molecule has 5 nitrogen and oxygen atoms in total. The van der Waals surface area contributed by atoms with Gasteiger partial charge in [0.1, 0.15) is 0 Å². The highest BCUT2D eigenvalue weighted by Gasteiger charge is 2.30. The topological polar surface area (TPSA) is 44.8 Å². The summed E-state index contributed by atoms with van der Waals surface area (Å²) in [6, 6.07) is 10.00. The first-order chi connectivity index (χ1) is 11.2. The van der Waals surface area contributed by atoms with Crippen molar-refractivity contribution in [3.8, 4) is 0 Å². The molecule has 23 heavy (non-hydrogen) atoms. The van der Waals surface area contributed by atoms with Crippen molar-refractivity contribution in [1.82, 2.24) is 9.80 Å². The molecule has 1 N–H and O–H groups in total. The minimum absolute atomic E-state index is 0.00116. The molecule has 0 saturated carbocycles. The summed E-state index contributed by atoms with van der Waals surface area (Å²) in [5.41, 5.74) is 0.850. The number of likely N-dealkylation sites (tertiary alicyclic amines) is 1. The molecular formula is C18H27N3O2. The maximum Gasteiger partial charge on any atom is 0.322 e. The van der Waals surface area contributed by atoms with Gasteiger partial charge in [0.15, 0.2) is 0 Å². The van der Waals surface area contributed by atoms with Crippen molar-refractivity contribution in [3.63, 3.8) is 0 Å². The molecule has 1 unspecified atom stereocenters. The first-order valence-corrected chi connectivity index (χ1v) is 8.65. The van der Waals surface area contributed by atoms with E-state index in [-0.39, 0.29) is 12.1 Å². The van der Waals surface area contributed by atoms with Crippen LogP contribution >= 0.6 is 0 Å². The highest BCUT2D eigenvalue weighted by Crippen LogP contribution is 2.21. The van der Waals surface area contributed by atoms with Crippen LogP contribution in [0.5, 0.6) is 0 Å². The summed E-state index contributed by atoms with van der Waals surface area (Å²) in [5.74, 6) is 0. The number of urea groups is 1. The second-order valence-corrected chi connectivity index (χ2v) is 6.62. The Hall–Kier alpha value is -1.59. The number of carbonyl (C=O) groups is 1. The van der Waals surface area contributed by atoms with Crippen LogP contribution in [0.2, 0.25) is 0 Å². The number of hydrogen-bond donors (Lipinski definition) is 1. The van der Waals surface area contributed by atoms with E-state index in [0.29, 0.717) is 12.6 Å². The van der Waals surface area contributed by atoms with E-state index >= 15 is 0 Å². The molecule has 2 fully saturated rings. The molecule has 1 aromatic carbocycles. The van der Waals surface area contributed by atoms with Gasteiger partial charge in [-0.15, -0.1) is 0 Å². The van der Waals surface area contributed by atoms with Gasteiger partial charge in [0.2, 0.25) is 0 Å². The van der Waals surface area contributed by atoms with Crippen molar-refractivity contribution < 1.29 is 9.53 Å². The molecule has 2 saturated heterocycles. The molecule has 2 amide bonds. The van der Waals surface area contributed by atoms with Crippen LogP contribution < -0.4 is 5.32 Å². The molecular weight excluding hydrogens is 290 g/mol. The molecule has 126 valence electrons. The quantitative estimate of drug-likeness (QED) is 0.929. The van der Waals surface area contributed by atoms with Crippen LogP contribution in [-0.4, -0.2) is 61.3 Å². The lowest BCUT2D eigenvalue weighted by Gasteiger charge is -2.38. The summed E-state index contributed by atoms with van der Waals surface area (Å²) < 4.78 is 5.76. The summed E-state index contributed by atoms with van der Waals surface area (Å²) in [7, 11) is 2.14. The predicted molar refractivity (Wildman–Crippen MR) is 91.7 cm³/mol. The third kappa shape index (κ3) is 4.45.